The van der Waals surface area contributed by atoms with Gasteiger partial charge in [0, 0.05) is 18.8 Å². The van der Waals surface area contributed by atoms with Crippen molar-refractivity contribution >= 4 is 33.6 Å². The van der Waals surface area contributed by atoms with Gasteiger partial charge in [0.1, 0.15) is 12.4 Å². The van der Waals surface area contributed by atoms with E-state index in [-0.39, 0.29) is 23.0 Å². The highest BCUT2D eigenvalue weighted by atomic mass is 32.2. The van der Waals surface area contributed by atoms with Crippen molar-refractivity contribution in [3.05, 3.63) is 102 Å². The maximum atomic E-state index is 13.1. The number of ether oxygens (including phenoxy) is 1. The van der Waals surface area contributed by atoms with Crippen molar-refractivity contribution in [3.63, 3.8) is 0 Å². The molecule has 2 heterocycles. The Bertz CT molecular complexity index is 1290. The fourth-order valence-corrected chi connectivity index (χ4v) is 4.69. The number of hydrogen-bond acceptors (Lipinski definition) is 5. The van der Waals surface area contributed by atoms with Gasteiger partial charge >= 0.3 is 0 Å². The smallest absolute Gasteiger partial charge is 0.277 e. The quantitative estimate of drug-likeness (QED) is 0.622. The molecule has 8 heteroatoms. The fourth-order valence-electron chi connectivity index (χ4n) is 3.30. The lowest BCUT2D eigenvalue weighted by molar-refractivity contribution is -0.113. The van der Waals surface area contributed by atoms with Crippen LogP contribution in [0, 0.1) is 0 Å². The second-order valence-corrected chi connectivity index (χ2v) is 8.88. The number of anilines is 1. The molecule has 0 atom stereocenters. The van der Waals surface area contributed by atoms with Gasteiger partial charge in [0.2, 0.25) is 0 Å². The number of carbonyl (C=O) groups excluding carboxylic acids is 1. The molecule has 0 aliphatic carbocycles. The highest BCUT2D eigenvalue weighted by Crippen LogP contribution is 2.36. The summed E-state index contributed by atoms with van der Waals surface area (Å²) in [5, 5.41) is 2.64. The number of fused-ring (bicyclic) bond motifs is 1. The van der Waals surface area contributed by atoms with Gasteiger partial charge in [-0.15, -0.1) is 0 Å². The second kappa shape index (κ2) is 9.07. The summed E-state index contributed by atoms with van der Waals surface area (Å²) in [7, 11) is -2.58. The van der Waals surface area contributed by atoms with E-state index in [1.807, 2.05) is 42.5 Å². The molecule has 1 aromatic heterocycles. The molecule has 4 rings (SSSR count). The second-order valence-electron chi connectivity index (χ2n) is 6.94. The van der Waals surface area contributed by atoms with Crippen molar-refractivity contribution < 1.29 is 17.9 Å². The summed E-state index contributed by atoms with van der Waals surface area (Å²) in [6.45, 7) is 0.146. The van der Waals surface area contributed by atoms with Crippen LogP contribution in [0.15, 0.2) is 95.7 Å². The molecule has 0 saturated heterocycles. The molecule has 1 amide bonds. The van der Waals surface area contributed by atoms with Crippen LogP contribution in [0.25, 0.3) is 11.8 Å². The molecule has 0 bridgehead atoms. The Morgan fingerprint density at radius 1 is 1.03 bits per heavy atom. The largest absolute Gasteiger partial charge is 0.486 e. The zero-order valence-electron chi connectivity index (χ0n) is 17.3. The predicted octanol–water partition coefficient (Wildman–Crippen LogP) is 3.75. The molecule has 7 nitrogen and oxygen atoms in total. The van der Waals surface area contributed by atoms with E-state index in [2.05, 4.69) is 10.3 Å². The van der Waals surface area contributed by atoms with Crippen molar-refractivity contribution in [2.75, 3.05) is 19.0 Å². The van der Waals surface area contributed by atoms with E-state index in [4.69, 9.17) is 4.74 Å². The predicted molar refractivity (Wildman–Crippen MR) is 123 cm³/mol. The summed E-state index contributed by atoms with van der Waals surface area (Å²) in [4.78, 5) is 17.3. The lowest BCUT2D eigenvalue weighted by Crippen LogP contribution is -2.37. The van der Waals surface area contributed by atoms with Gasteiger partial charge in [0.15, 0.2) is 11.5 Å². The van der Waals surface area contributed by atoms with Crippen LogP contribution in [0.5, 0.6) is 0 Å². The van der Waals surface area contributed by atoms with Crippen LogP contribution in [-0.2, 0) is 19.6 Å². The van der Waals surface area contributed by atoms with Crippen LogP contribution in [0.3, 0.4) is 0 Å². The van der Waals surface area contributed by atoms with E-state index in [0.29, 0.717) is 11.4 Å². The van der Waals surface area contributed by atoms with Gasteiger partial charge in [-0.25, -0.2) is 13.4 Å². The van der Waals surface area contributed by atoms with E-state index in [1.165, 1.54) is 19.3 Å². The molecule has 1 N–H and O–H groups in total. The van der Waals surface area contributed by atoms with Gasteiger partial charge in [-0.2, -0.15) is 0 Å². The summed E-state index contributed by atoms with van der Waals surface area (Å²) < 4.78 is 33.0. The van der Waals surface area contributed by atoms with Crippen LogP contribution < -0.4 is 5.32 Å². The van der Waals surface area contributed by atoms with Crippen molar-refractivity contribution in [2.24, 2.45) is 0 Å². The Kier molecular flexibility index (Phi) is 6.04. The number of amides is 1. The van der Waals surface area contributed by atoms with Gasteiger partial charge in [-0.05, 0) is 35.9 Å². The number of rotatable bonds is 6. The van der Waals surface area contributed by atoms with Crippen molar-refractivity contribution in [2.45, 2.75) is 4.90 Å². The van der Waals surface area contributed by atoms with Gasteiger partial charge in [-0.3, -0.25) is 9.10 Å². The number of benzene rings is 2. The third-order valence-corrected chi connectivity index (χ3v) is 6.67. The molecular formula is C24H21N3O4S. The number of pyridine rings is 1. The van der Waals surface area contributed by atoms with Crippen LogP contribution in [-0.4, -0.2) is 37.3 Å². The minimum atomic E-state index is -3.92. The van der Waals surface area contributed by atoms with Crippen molar-refractivity contribution in [1.29, 1.82) is 0 Å². The fraction of sp³-hybridized carbons (Fsp3) is 0.0833. The molecule has 3 aromatic rings. The van der Waals surface area contributed by atoms with Gasteiger partial charge in [-0.1, -0.05) is 54.6 Å². The summed E-state index contributed by atoms with van der Waals surface area (Å²) in [6.07, 6.45) is 5.23. The number of nitrogens with zero attached hydrogens (tertiary/aromatic N) is 2. The summed E-state index contributed by atoms with van der Waals surface area (Å²) >= 11 is 0. The normalized spacial score (nSPS) is 14.8. The Morgan fingerprint density at radius 3 is 2.50 bits per heavy atom. The Balaban J connectivity index is 1.71. The van der Waals surface area contributed by atoms with Crippen LogP contribution >= 0.6 is 0 Å². The lowest BCUT2D eigenvalue weighted by atomic mass is 10.1. The first-order valence-corrected chi connectivity index (χ1v) is 11.3. The number of hydrogen-bond donors (Lipinski definition) is 1. The average molecular weight is 448 g/mol. The number of carbonyl (C=O) groups is 1. The molecule has 0 fully saturated rings. The van der Waals surface area contributed by atoms with Gasteiger partial charge in [0.05, 0.1) is 4.90 Å². The maximum absolute atomic E-state index is 13.1. The number of aromatic nitrogens is 1. The Morgan fingerprint density at radius 2 is 1.75 bits per heavy atom. The lowest BCUT2D eigenvalue weighted by Gasteiger charge is -2.30. The molecular weight excluding hydrogens is 426 g/mol. The van der Waals surface area contributed by atoms with Crippen LogP contribution in [0.1, 0.15) is 11.1 Å². The first-order chi connectivity index (χ1) is 15.5. The molecule has 0 saturated carbocycles. The summed E-state index contributed by atoms with van der Waals surface area (Å²) in [6, 6.07) is 21.2. The van der Waals surface area contributed by atoms with E-state index in [1.54, 1.807) is 36.4 Å². The topological polar surface area (TPSA) is 88.6 Å². The van der Waals surface area contributed by atoms with E-state index in [0.717, 1.165) is 9.87 Å². The summed E-state index contributed by atoms with van der Waals surface area (Å²) in [5.74, 6) is -0.145. The van der Waals surface area contributed by atoms with Gasteiger partial charge in [0.25, 0.3) is 15.9 Å². The van der Waals surface area contributed by atoms with Gasteiger partial charge < -0.3 is 10.1 Å². The van der Waals surface area contributed by atoms with Crippen molar-refractivity contribution in [3.8, 4) is 0 Å². The SMILES string of the molecule is CN1C(C(=O)Nc2ccccn2)=C(OC/C=C/c2ccccc2)c2ccccc2S1(=O)=O. The highest BCUT2D eigenvalue weighted by Gasteiger charge is 2.38. The molecule has 0 spiro atoms. The third kappa shape index (κ3) is 4.26. The number of likely N-dealkylation sites (N-methyl/N-ethyl adjacent to an activating group) is 1. The molecule has 32 heavy (non-hydrogen) atoms. The van der Waals surface area contributed by atoms with Crippen LogP contribution in [0.2, 0.25) is 0 Å². The minimum absolute atomic E-state index is 0.0823. The Labute approximate surface area is 186 Å². The molecule has 1 aliphatic rings. The van der Waals surface area contributed by atoms with Crippen LogP contribution in [0.4, 0.5) is 5.82 Å². The molecule has 0 unspecified atom stereocenters. The standard InChI is InChI=1S/C24H21N3O4S/c1-27-22(24(28)26-21-15-7-8-16-25-21)23(19-13-5-6-14-20(19)32(27,29)30)31-17-9-12-18-10-3-2-4-11-18/h2-16H,17H2,1H3,(H,25,26,28)/b12-9+. The van der Waals surface area contributed by atoms with E-state index >= 15 is 0 Å². The zero-order chi connectivity index (χ0) is 22.6. The molecule has 0 radical (unpaired) electrons. The highest BCUT2D eigenvalue weighted by molar-refractivity contribution is 7.89. The first-order valence-electron chi connectivity index (χ1n) is 9.88. The first kappa shape index (κ1) is 21.3. The van der Waals surface area contributed by atoms with Crippen molar-refractivity contribution in [1.82, 2.24) is 9.29 Å². The number of sulfonamides is 1. The average Bonchev–Trinajstić information content (AvgIpc) is 2.81. The Hall–Kier alpha value is -3.91. The molecule has 1 aliphatic heterocycles. The summed E-state index contributed by atoms with van der Waals surface area (Å²) in [5.41, 5.74) is 1.23. The molecule has 2 aromatic carbocycles. The zero-order valence-corrected chi connectivity index (χ0v) is 18.1. The molecule has 162 valence electrons. The van der Waals surface area contributed by atoms with E-state index in [9.17, 15) is 13.2 Å². The number of nitrogens with one attached hydrogen (secondary N) is 1. The van der Waals surface area contributed by atoms with E-state index < -0.39 is 15.9 Å². The third-order valence-electron chi connectivity index (χ3n) is 4.86. The minimum Gasteiger partial charge on any atom is -0.486 e. The monoisotopic (exact) mass is 447 g/mol. The maximum Gasteiger partial charge on any atom is 0.277 e.